The van der Waals surface area contributed by atoms with Crippen LogP contribution in [0.15, 0.2) is 18.3 Å². The van der Waals surface area contributed by atoms with E-state index in [1.165, 1.54) is 6.20 Å². The van der Waals surface area contributed by atoms with E-state index in [9.17, 15) is 4.79 Å². The number of nitrogen functional groups attached to an aromatic ring is 1. The molecular weight excluding hydrogens is 256 g/mol. The Morgan fingerprint density at radius 3 is 2.55 bits per heavy atom. The lowest BCUT2D eigenvalue weighted by Crippen LogP contribution is -2.17. The second-order valence-electron chi connectivity index (χ2n) is 4.17. The Balaban J connectivity index is 2.17. The molecule has 1 amide bonds. The fourth-order valence-electron chi connectivity index (χ4n) is 1.70. The van der Waals surface area contributed by atoms with E-state index < -0.39 is 5.91 Å². The second-order valence-corrected chi connectivity index (χ2v) is 4.17. The largest absolute Gasteiger partial charge is 0.397 e. The van der Waals surface area contributed by atoms with Crippen molar-refractivity contribution in [2.45, 2.75) is 26.7 Å². The summed E-state index contributed by atoms with van der Waals surface area (Å²) >= 11 is 0. The van der Waals surface area contributed by atoms with Gasteiger partial charge in [-0.2, -0.15) is 0 Å². The SMILES string of the molecule is CCc1nnc(NC(=O)c2ccc(N)cn2)nc1CC. The maximum absolute atomic E-state index is 12.0. The fraction of sp³-hybridized carbons (Fsp3) is 0.308. The van der Waals surface area contributed by atoms with Gasteiger partial charge in [0.25, 0.3) is 5.91 Å². The van der Waals surface area contributed by atoms with Crippen molar-refractivity contribution in [2.24, 2.45) is 0 Å². The van der Waals surface area contributed by atoms with Gasteiger partial charge in [0, 0.05) is 0 Å². The molecule has 7 heteroatoms. The maximum Gasteiger partial charge on any atom is 0.276 e. The molecule has 104 valence electrons. The molecule has 0 spiro atoms. The lowest BCUT2D eigenvalue weighted by molar-refractivity contribution is 0.102. The highest BCUT2D eigenvalue weighted by Crippen LogP contribution is 2.08. The second kappa shape index (κ2) is 6.05. The molecule has 0 aliphatic rings. The zero-order valence-electron chi connectivity index (χ0n) is 11.4. The third-order valence-corrected chi connectivity index (χ3v) is 2.75. The minimum absolute atomic E-state index is 0.183. The van der Waals surface area contributed by atoms with Crippen LogP contribution >= 0.6 is 0 Å². The van der Waals surface area contributed by atoms with E-state index >= 15 is 0 Å². The molecular formula is C13H16N6O. The smallest absolute Gasteiger partial charge is 0.276 e. The molecule has 2 heterocycles. The summed E-state index contributed by atoms with van der Waals surface area (Å²) in [6.45, 7) is 3.97. The number of nitrogens with zero attached hydrogens (tertiary/aromatic N) is 4. The van der Waals surface area contributed by atoms with E-state index in [2.05, 4.69) is 25.5 Å². The Bertz CT molecular complexity index is 611. The first-order valence-electron chi connectivity index (χ1n) is 6.39. The quantitative estimate of drug-likeness (QED) is 0.866. The Morgan fingerprint density at radius 2 is 1.95 bits per heavy atom. The number of pyridine rings is 1. The molecule has 0 radical (unpaired) electrons. The van der Waals surface area contributed by atoms with Crippen LogP contribution in [0.4, 0.5) is 11.6 Å². The van der Waals surface area contributed by atoms with Crippen LogP contribution in [0, 0.1) is 0 Å². The van der Waals surface area contributed by atoms with Crippen molar-refractivity contribution >= 4 is 17.5 Å². The van der Waals surface area contributed by atoms with Gasteiger partial charge in [-0.1, -0.05) is 13.8 Å². The van der Waals surface area contributed by atoms with Crippen LogP contribution in [0.3, 0.4) is 0 Å². The Labute approximate surface area is 116 Å². The average molecular weight is 272 g/mol. The number of nitrogens with one attached hydrogen (secondary N) is 1. The molecule has 2 aromatic rings. The van der Waals surface area contributed by atoms with E-state index in [1.807, 2.05) is 13.8 Å². The third kappa shape index (κ3) is 3.05. The van der Waals surface area contributed by atoms with Crippen molar-refractivity contribution < 1.29 is 4.79 Å². The van der Waals surface area contributed by atoms with Gasteiger partial charge < -0.3 is 5.73 Å². The monoisotopic (exact) mass is 272 g/mol. The fourth-order valence-corrected chi connectivity index (χ4v) is 1.70. The molecule has 2 rings (SSSR count). The van der Waals surface area contributed by atoms with Crippen LogP contribution in [0.25, 0.3) is 0 Å². The van der Waals surface area contributed by atoms with E-state index in [-0.39, 0.29) is 11.6 Å². The molecule has 0 saturated carbocycles. The molecule has 0 aliphatic heterocycles. The molecule has 0 unspecified atom stereocenters. The molecule has 0 atom stereocenters. The van der Waals surface area contributed by atoms with E-state index in [4.69, 9.17) is 5.73 Å². The number of amides is 1. The van der Waals surface area contributed by atoms with Crippen molar-refractivity contribution in [1.29, 1.82) is 0 Å². The maximum atomic E-state index is 12.0. The number of anilines is 2. The van der Waals surface area contributed by atoms with Gasteiger partial charge in [-0.25, -0.2) is 9.97 Å². The van der Waals surface area contributed by atoms with Gasteiger partial charge >= 0.3 is 0 Å². The molecule has 20 heavy (non-hydrogen) atoms. The first-order valence-corrected chi connectivity index (χ1v) is 6.39. The molecule has 2 aromatic heterocycles. The number of rotatable bonds is 4. The number of aromatic nitrogens is 4. The van der Waals surface area contributed by atoms with E-state index in [0.717, 1.165) is 24.2 Å². The average Bonchev–Trinajstić information content (AvgIpc) is 2.47. The third-order valence-electron chi connectivity index (χ3n) is 2.75. The van der Waals surface area contributed by atoms with Crippen LogP contribution in [-0.2, 0) is 12.8 Å². The molecule has 0 fully saturated rings. The molecule has 7 nitrogen and oxygen atoms in total. The van der Waals surface area contributed by atoms with Gasteiger partial charge in [0.05, 0.1) is 23.3 Å². The molecule has 0 bridgehead atoms. The topological polar surface area (TPSA) is 107 Å². The van der Waals surface area contributed by atoms with Gasteiger partial charge in [0.1, 0.15) is 5.69 Å². The summed E-state index contributed by atoms with van der Waals surface area (Å²) in [6.07, 6.45) is 2.92. The standard InChI is InChI=1S/C13H16N6O/c1-3-9-10(4-2)18-19-13(16-9)17-12(20)11-6-5-8(14)7-15-11/h5-7H,3-4,14H2,1-2H3,(H,16,17,19,20). The number of carbonyl (C=O) groups excluding carboxylic acids is 1. The number of hydrogen-bond donors (Lipinski definition) is 2. The summed E-state index contributed by atoms with van der Waals surface area (Å²) in [4.78, 5) is 20.2. The summed E-state index contributed by atoms with van der Waals surface area (Å²) in [5.41, 5.74) is 7.95. The van der Waals surface area contributed by atoms with Gasteiger partial charge in [-0.3, -0.25) is 10.1 Å². The minimum atomic E-state index is -0.391. The van der Waals surface area contributed by atoms with Crippen molar-refractivity contribution in [3.8, 4) is 0 Å². The van der Waals surface area contributed by atoms with Crippen LogP contribution < -0.4 is 11.1 Å². The van der Waals surface area contributed by atoms with Crippen LogP contribution in [0.1, 0.15) is 35.7 Å². The number of hydrogen-bond acceptors (Lipinski definition) is 6. The highest BCUT2D eigenvalue weighted by Gasteiger charge is 2.11. The highest BCUT2D eigenvalue weighted by molar-refractivity contribution is 6.01. The van der Waals surface area contributed by atoms with E-state index in [0.29, 0.717) is 5.69 Å². The first kappa shape index (κ1) is 13.9. The Hall–Kier alpha value is -2.57. The number of carbonyl (C=O) groups is 1. The Morgan fingerprint density at radius 1 is 1.20 bits per heavy atom. The molecule has 0 saturated heterocycles. The van der Waals surface area contributed by atoms with Gasteiger partial charge in [0.2, 0.25) is 5.95 Å². The van der Waals surface area contributed by atoms with Crippen LogP contribution in [-0.4, -0.2) is 26.1 Å². The van der Waals surface area contributed by atoms with Crippen molar-refractivity contribution in [1.82, 2.24) is 20.2 Å². The molecule has 3 N–H and O–H groups in total. The van der Waals surface area contributed by atoms with Crippen molar-refractivity contribution in [2.75, 3.05) is 11.1 Å². The molecule has 0 aliphatic carbocycles. The predicted molar refractivity (Wildman–Crippen MR) is 75.2 cm³/mol. The van der Waals surface area contributed by atoms with Crippen molar-refractivity contribution in [3.63, 3.8) is 0 Å². The summed E-state index contributed by atoms with van der Waals surface area (Å²) < 4.78 is 0. The number of nitrogens with two attached hydrogens (primary N) is 1. The summed E-state index contributed by atoms with van der Waals surface area (Å²) in [7, 11) is 0. The Kier molecular flexibility index (Phi) is 4.19. The predicted octanol–water partition coefficient (Wildman–Crippen LogP) is 1.23. The summed E-state index contributed by atoms with van der Waals surface area (Å²) in [6, 6.07) is 3.15. The zero-order valence-corrected chi connectivity index (χ0v) is 11.4. The summed E-state index contributed by atoms with van der Waals surface area (Å²) in [5.74, 6) is -0.208. The first-order chi connectivity index (χ1) is 9.63. The lowest BCUT2D eigenvalue weighted by Gasteiger charge is -2.06. The van der Waals surface area contributed by atoms with Crippen molar-refractivity contribution in [3.05, 3.63) is 35.4 Å². The zero-order chi connectivity index (χ0) is 14.5. The normalized spacial score (nSPS) is 10.3. The van der Waals surface area contributed by atoms with Gasteiger partial charge in [-0.05, 0) is 25.0 Å². The van der Waals surface area contributed by atoms with Gasteiger partial charge in [-0.15, -0.1) is 10.2 Å². The lowest BCUT2D eigenvalue weighted by atomic mass is 10.2. The summed E-state index contributed by atoms with van der Waals surface area (Å²) in [5, 5.41) is 10.5. The minimum Gasteiger partial charge on any atom is -0.397 e. The highest BCUT2D eigenvalue weighted by atomic mass is 16.2. The number of aryl methyl sites for hydroxylation is 2. The van der Waals surface area contributed by atoms with Gasteiger partial charge in [0.15, 0.2) is 0 Å². The van der Waals surface area contributed by atoms with Crippen LogP contribution in [0.2, 0.25) is 0 Å². The van der Waals surface area contributed by atoms with Crippen LogP contribution in [0.5, 0.6) is 0 Å². The molecule has 0 aromatic carbocycles. The van der Waals surface area contributed by atoms with E-state index in [1.54, 1.807) is 12.1 Å².